The number of fused-ring (bicyclic) bond motifs is 7. The molecule has 0 aliphatic heterocycles. The van der Waals surface area contributed by atoms with Crippen molar-refractivity contribution in [3.8, 4) is 11.5 Å². The van der Waals surface area contributed by atoms with Gasteiger partial charge < -0.3 is 19.7 Å². The molecule has 7 heteroatoms. The lowest BCUT2D eigenvalue weighted by Gasteiger charge is -2.62. The molecule has 4 aliphatic rings. The summed E-state index contributed by atoms with van der Waals surface area (Å²) in [5.74, 6) is -0.949. The first kappa shape index (κ1) is 26.7. The molecule has 0 radical (unpaired) electrons. The average molecular weight is 523 g/mol. The van der Waals surface area contributed by atoms with Crippen LogP contribution in [0.15, 0.2) is 28.9 Å². The number of phenols is 1. The van der Waals surface area contributed by atoms with E-state index in [4.69, 9.17) is 9.47 Å². The van der Waals surface area contributed by atoms with Crippen molar-refractivity contribution >= 4 is 17.5 Å². The molecule has 0 aromatic heterocycles. The summed E-state index contributed by atoms with van der Waals surface area (Å²) < 4.78 is 10.5. The molecule has 5 rings (SSSR count). The third-order valence-corrected chi connectivity index (χ3v) is 10.7. The highest BCUT2D eigenvalue weighted by Crippen LogP contribution is 2.69. The number of Topliss-reactive ketones (excluding diaryl/α,β-unsaturated/α-hetero) is 1. The van der Waals surface area contributed by atoms with Crippen molar-refractivity contribution in [2.45, 2.75) is 78.7 Å². The third kappa shape index (κ3) is 3.02. The molecule has 204 valence electrons. The molecule has 4 aliphatic carbocycles. The van der Waals surface area contributed by atoms with E-state index in [9.17, 15) is 24.6 Å². The monoisotopic (exact) mass is 522 g/mol. The van der Waals surface area contributed by atoms with Crippen LogP contribution in [0.3, 0.4) is 0 Å². The van der Waals surface area contributed by atoms with Gasteiger partial charge in [0.2, 0.25) is 0 Å². The number of carbonyl (C=O) groups is 3. The second-order valence-electron chi connectivity index (χ2n) is 12.8. The second kappa shape index (κ2) is 8.04. The van der Waals surface area contributed by atoms with Crippen LogP contribution in [0.2, 0.25) is 0 Å². The standard InChI is InChI=1S/C31H38O7/c1-15-13-30(5)21(14-31(6,27(36)38-8)26(35)25(30)34)29(4)10-9-28(3)17-11-20(33)24(37-7)16(2)22(17)19(32)12-18(28)23(15)29/h11-12,21,26,33,35H,9-10,13-14H2,1-8H3/t21-,26-,28-,29-,30+,31-/m0/s1. The van der Waals surface area contributed by atoms with Gasteiger partial charge in [0.25, 0.3) is 0 Å². The lowest BCUT2D eigenvalue weighted by Crippen LogP contribution is -2.64. The predicted octanol–water partition coefficient (Wildman–Crippen LogP) is 4.75. The van der Waals surface area contributed by atoms with Gasteiger partial charge in [-0.25, -0.2) is 0 Å². The average Bonchev–Trinajstić information content (AvgIpc) is 2.85. The summed E-state index contributed by atoms with van der Waals surface area (Å²) in [6, 6.07) is 1.67. The maximum Gasteiger partial charge on any atom is 0.314 e. The van der Waals surface area contributed by atoms with Crippen molar-refractivity contribution in [2.24, 2.45) is 22.2 Å². The Hall–Kier alpha value is -2.93. The van der Waals surface area contributed by atoms with Crippen LogP contribution in [0.4, 0.5) is 0 Å². The van der Waals surface area contributed by atoms with Gasteiger partial charge >= 0.3 is 5.97 Å². The molecule has 0 spiro atoms. The fourth-order valence-electron chi connectivity index (χ4n) is 8.67. The number of aliphatic hydroxyl groups excluding tert-OH is 1. The molecule has 2 saturated carbocycles. The smallest absolute Gasteiger partial charge is 0.314 e. The molecular weight excluding hydrogens is 484 g/mol. The summed E-state index contributed by atoms with van der Waals surface area (Å²) in [4.78, 5) is 40.3. The van der Waals surface area contributed by atoms with E-state index < -0.39 is 33.7 Å². The van der Waals surface area contributed by atoms with Crippen LogP contribution in [0.5, 0.6) is 11.5 Å². The lowest BCUT2D eigenvalue weighted by molar-refractivity contribution is -0.184. The Balaban J connectivity index is 1.72. The molecule has 7 nitrogen and oxygen atoms in total. The van der Waals surface area contributed by atoms with Crippen LogP contribution >= 0.6 is 0 Å². The summed E-state index contributed by atoms with van der Waals surface area (Å²) in [5.41, 5.74) is 1.78. The quantitative estimate of drug-likeness (QED) is 0.540. The van der Waals surface area contributed by atoms with Crippen LogP contribution in [-0.4, -0.2) is 48.1 Å². The Kier molecular flexibility index (Phi) is 5.64. The number of allylic oxidation sites excluding steroid dienone is 4. The highest BCUT2D eigenvalue weighted by Gasteiger charge is 2.67. The summed E-state index contributed by atoms with van der Waals surface area (Å²) in [7, 11) is 2.76. The zero-order valence-corrected chi connectivity index (χ0v) is 23.6. The van der Waals surface area contributed by atoms with E-state index in [1.807, 2.05) is 13.8 Å². The molecule has 2 N–H and O–H groups in total. The van der Waals surface area contributed by atoms with Gasteiger partial charge in [0.15, 0.2) is 23.1 Å². The summed E-state index contributed by atoms with van der Waals surface area (Å²) in [5, 5.41) is 21.9. The SMILES string of the molecule is COC(=O)[C@@]1(C)C[C@@H]2[C@@](C)(CC(C)=C3C4=CC(=O)c5c(cc(O)c(OC)c5C)[C@]4(C)CC[C@]32C)C(=O)[C@@H]1O. The van der Waals surface area contributed by atoms with Gasteiger partial charge in [0.1, 0.15) is 6.10 Å². The molecule has 2 fully saturated rings. The molecule has 0 bridgehead atoms. The number of phenolic OH excluding ortho intramolecular Hbond substituents is 1. The number of aromatic hydroxyl groups is 1. The Morgan fingerprint density at radius 3 is 2.32 bits per heavy atom. The molecule has 38 heavy (non-hydrogen) atoms. The lowest BCUT2D eigenvalue weighted by atomic mass is 9.40. The van der Waals surface area contributed by atoms with Gasteiger partial charge in [-0.1, -0.05) is 26.3 Å². The first-order chi connectivity index (χ1) is 17.6. The third-order valence-electron chi connectivity index (χ3n) is 10.7. The molecule has 1 aromatic carbocycles. The highest BCUT2D eigenvalue weighted by molar-refractivity contribution is 6.10. The van der Waals surface area contributed by atoms with E-state index in [0.29, 0.717) is 42.6 Å². The zero-order valence-electron chi connectivity index (χ0n) is 23.6. The number of hydrogen-bond acceptors (Lipinski definition) is 7. The number of methoxy groups -OCH3 is 2. The number of rotatable bonds is 2. The Labute approximate surface area is 223 Å². The van der Waals surface area contributed by atoms with Gasteiger partial charge in [-0.15, -0.1) is 0 Å². The second-order valence-corrected chi connectivity index (χ2v) is 12.8. The molecule has 0 heterocycles. The topological polar surface area (TPSA) is 110 Å². The van der Waals surface area contributed by atoms with Crippen molar-refractivity contribution in [1.29, 1.82) is 0 Å². The van der Waals surface area contributed by atoms with E-state index >= 15 is 0 Å². The van der Waals surface area contributed by atoms with Crippen LogP contribution in [-0.2, 0) is 19.7 Å². The van der Waals surface area contributed by atoms with Crippen molar-refractivity contribution < 1.29 is 34.1 Å². The molecular formula is C31H38O7. The van der Waals surface area contributed by atoms with E-state index in [0.717, 1.165) is 22.3 Å². The normalized spacial score (nSPS) is 38.0. The van der Waals surface area contributed by atoms with Crippen molar-refractivity contribution in [1.82, 2.24) is 0 Å². The molecule has 0 saturated heterocycles. The largest absolute Gasteiger partial charge is 0.504 e. The number of hydrogen-bond donors (Lipinski definition) is 2. The number of carbonyl (C=O) groups excluding carboxylic acids is 3. The molecule has 1 aromatic rings. The van der Waals surface area contributed by atoms with Gasteiger partial charge in [0, 0.05) is 22.0 Å². The van der Waals surface area contributed by atoms with Gasteiger partial charge in [-0.05, 0) is 86.6 Å². The van der Waals surface area contributed by atoms with Gasteiger partial charge in [-0.3, -0.25) is 14.4 Å². The minimum absolute atomic E-state index is 0.00925. The number of aliphatic hydroxyl groups is 1. The first-order valence-corrected chi connectivity index (χ1v) is 13.3. The van der Waals surface area contributed by atoms with Crippen LogP contribution in [0.1, 0.15) is 81.8 Å². The fourth-order valence-corrected chi connectivity index (χ4v) is 8.67. The number of esters is 1. The molecule has 6 atom stereocenters. The summed E-state index contributed by atoms with van der Waals surface area (Å²) in [6.07, 6.45) is 2.46. The predicted molar refractivity (Wildman–Crippen MR) is 141 cm³/mol. The minimum Gasteiger partial charge on any atom is -0.504 e. The van der Waals surface area contributed by atoms with Crippen LogP contribution < -0.4 is 4.74 Å². The van der Waals surface area contributed by atoms with Crippen molar-refractivity contribution in [2.75, 3.05) is 14.2 Å². The minimum atomic E-state index is -1.44. The van der Waals surface area contributed by atoms with Crippen molar-refractivity contribution in [3.63, 3.8) is 0 Å². The van der Waals surface area contributed by atoms with E-state index in [1.54, 1.807) is 26.0 Å². The van der Waals surface area contributed by atoms with E-state index in [2.05, 4.69) is 13.8 Å². The Morgan fingerprint density at radius 2 is 1.71 bits per heavy atom. The van der Waals surface area contributed by atoms with Gasteiger partial charge in [0.05, 0.1) is 19.6 Å². The van der Waals surface area contributed by atoms with E-state index in [-0.39, 0.29) is 23.2 Å². The number of ketones is 2. The Bertz CT molecular complexity index is 1370. The maximum absolute atomic E-state index is 13.8. The number of benzene rings is 1. The van der Waals surface area contributed by atoms with Gasteiger partial charge in [-0.2, -0.15) is 0 Å². The van der Waals surface area contributed by atoms with Crippen LogP contribution in [0, 0.1) is 29.1 Å². The zero-order chi connectivity index (χ0) is 28.2. The van der Waals surface area contributed by atoms with Crippen molar-refractivity contribution in [3.05, 3.63) is 45.6 Å². The highest BCUT2D eigenvalue weighted by atomic mass is 16.5. The Morgan fingerprint density at radius 1 is 1.05 bits per heavy atom. The summed E-state index contributed by atoms with van der Waals surface area (Å²) >= 11 is 0. The van der Waals surface area contributed by atoms with E-state index in [1.165, 1.54) is 14.2 Å². The molecule has 0 amide bonds. The maximum atomic E-state index is 13.8. The number of ether oxygens (including phenoxy) is 2. The first-order valence-electron chi connectivity index (χ1n) is 13.3. The fraction of sp³-hybridized carbons (Fsp3) is 0.581. The van der Waals surface area contributed by atoms with Crippen LogP contribution in [0.25, 0.3) is 0 Å². The molecule has 0 unspecified atom stereocenters. The summed E-state index contributed by atoms with van der Waals surface area (Å²) in [6.45, 7) is 11.6.